The van der Waals surface area contributed by atoms with Gasteiger partial charge in [0.1, 0.15) is 0 Å². The summed E-state index contributed by atoms with van der Waals surface area (Å²) in [6.07, 6.45) is 1.32. The van der Waals surface area contributed by atoms with Crippen molar-refractivity contribution in [2.75, 3.05) is 16.6 Å². The van der Waals surface area contributed by atoms with Crippen molar-refractivity contribution in [1.29, 1.82) is 0 Å². The Morgan fingerprint density at radius 3 is 3.00 bits per heavy atom. The van der Waals surface area contributed by atoms with Gasteiger partial charge < -0.3 is 4.31 Å². The Kier molecular flexibility index (Phi) is 2.26. The Bertz CT molecular complexity index is 266. The van der Waals surface area contributed by atoms with E-state index in [1.807, 2.05) is 11.9 Å². The molecule has 0 radical (unpaired) electrons. The molecule has 0 amide bonds. The van der Waals surface area contributed by atoms with E-state index in [-0.39, 0.29) is 0 Å². The molecule has 1 fully saturated rings. The van der Waals surface area contributed by atoms with E-state index in [1.165, 1.54) is 30.0 Å². The van der Waals surface area contributed by atoms with E-state index in [0.29, 0.717) is 0 Å². The normalized spacial score (nSPS) is 16.9. The van der Waals surface area contributed by atoms with E-state index in [4.69, 9.17) is 0 Å². The number of aryl methyl sites for hydroxylation is 1. The minimum Gasteiger partial charge on any atom is -0.316 e. The molecule has 1 heterocycles. The fraction of sp³-hybridized carbons (Fsp3) is 0.400. The topological polar surface area (TPSA) is 3.24 Å². The van der Waals surface area contributed by atoms with Gasteiger partial charge >= 0.3 is 0 Å². The van der Waals surface area contributed by atoms with Gasteiger partial charge in [0.15, 0.2) is 0 Å². The average Bonchev–Trinajstić information content (AvgIpc) is 2.56. The highest BCUT2D eigenvalue weighted by molar-refractivity contribution is 8.00. The van der Waals surface area contributed by atoms with Crippen molar-refractivity contribution in [1.82, 2.24) is 0 Å². The molecule has 2 rings (SSSR count). The van der Waals surface area contributed by atoms with E-state index in [9.17, 15) is 0 Å². The second-order valence-corrected chi connectivity index (χ2v) is 4.24. The number of anilines is 1. The Morgan fingerprint density at radius 2 is 2.33 bits per heavy atom. The molecule has 0 aromatic heterocycles. The Balaban J connectivity index is 2.21. The van der Waals surface area contributed by atoms with E-state index < -0.39 is 0 Å². The second-order valence-electron chi connectivity index (χ2n) is 3.13. The summed E-state index contributed by atoms with van der Waals surface area (Å²) in [5.41, 5.74) is 2.71. The first-order valence-corrected chi connectivity index (χ1v) is 5.27. The Labute approximate surface area is 77.9 Å². The minimum atomic E-state index is 1.20. The van der Waals surface area contributed by atoms with Gasteiger partial charge in [0, 0.05) is 18.0 Å². The zero-order valence-corrected chi connectivity index (χ0v) is 8.10. The monoisotopic (exact) mass is 179 g/mol. The summed E-state index contributed by atoms with van der Waals surface area (Å²) < 4.78 is 2.38. The third-order valence-corrected chi connectivity index (χ3v) is 3.22. The Morgan fingerprint density at radius 1 is 1.42 bits per heavy atom. The van der Waals surface area contributed by atoms with Crippen LogP contribution in [0, 0.1) is 6.92 Å². The fourth-order valence-corrected chi connectivity index (χ4v) is 2.43. The molecule has 1 aromatic carbocycles. The van der Waals surface area contributed by atoms with Crippen LogP contribution in [0.3, 0.4) is 0 Å². The highest BCUT2D eigenvalue weighted by Gasteiger charge is 2.12. The van der Waals surface area contributed by atoms with Crippen LogP contribution in [0.15, 0.2) is 24.3 Å². The highest BCUT2D eigenvalue weighted by Crippen LogP contribution is 2.28. The van der Waals surface area contributed by atoms with Gasteiger partial charge in [-0.1, -0.05) is 12.1 Å². The predicted octanol–water partition coefficient (Wildman–Crippen LogP) is 2.85. The molecule has 0 bridgehead atoms. The molecule has 1 aromatic rings. The van der Waals surface area contributed by atoms with Gasteiger partial charge in [-0.05, 0) is 43.0 Å². The van der Waals surface area contributed by atoms with Crippen LogP contribution in [0.5, 0.6) is 0 Å². The lowest BCUT2D eigenvalue weighted by Crippen LogP contribution is -2.08. The van der Waals surface area contributed by atoms with Crippen molar-refractivity contribution in [3.05, 3.63) is 29.8 Å². The van der Waals surface area contributed by atoms with Gasteiger partial charge in [-0.15, -0.1) is 0 Å². The molecular formula is C10H13NS. The summed E-state index contributed by atoms with van der Waals surface area (Å²) >= 11 is 1.94. The molecule has 1 nitrogen and oxygen atoms in total. The number of nitrogens with zero attached hydrogens (tertiary/aromatic N) is 1. The van der Waals surface area contributed by atoms with E-state index in [0.717, 1.165) is 0 Å². The van der Waals surface area contributed by atoms with Gasteiger partial charge in [-0.25, -0.2) is 0 Å². The van der Waals surface area contributed by atoms with Crippen LogP contribution in [0.2, 0.25) is 0 Å². The van der Waals surface area contributed by atoms with Crippen LogP contribution in [-0.4, -0.2) is 12.3 Å². The summed E-state index contributed by atoms with van der Waals surface area (Å²) in [6.45, 7) is 3.35. The third kappa shape index (κ3) is 1.58. The summed E-state index contributed by atoms with van der Waals surface area (Å²) in [7, 11) is 0. The fourth-order valence-electron chi connectivity index (χ4n) is 1.43. The van der Waals surface area contributed by atoms with Crippen LogP contribution in [0.4, 0.5) is 5.69 Å². The maximum Gasteiger partial charge on any atom is 0.0472 e. The smallest absolute Gasteiger partial charge is 0.0472 e. The molecule has 2 heteroatoms. The summed E-state index contributed by atoms with van der Waals surface area (Å²) in [5.74, 6) is 1.27. The SMILES string of the molecule is Cc1cccc(N2CCCS2)c1. The van der Waals surface area contributed by atoms with Crippen molar-refractivity contribution in [3.8, 4) is 0 Å². The number of rotatable bonds is 1. The molecule has 0 saturated carbocycles. The maximum absolute atomic E-state index is 2.38. The molecule has 1 aliphatic rings. The molecule has 0 N–H and O–H groups in total. The first-order valence-electron chi connectivity index (χ1n) is 4.33. The zero-order chi connectivity index (χ0) is 8.39. The first kappa shape index (κ1) is 7.99. The van der Waals surface area contributed by atoms with E-state index >= 15 is 0 Å². The van der Waals surface area contributed by atoms with Gasteiger partial charge in [-0.3, -0.25) is 0 Å². The molecule has 64 valence electrons. The standard InChI is InChI=1S/C10H13NS/c1-9-4-2-5-10(8-9)11-6-3-7-12-11/h2,4-5,8H,3,6-7H2,1H3. The molecule has 0 unspecified atom stereocenters. The number of benzene rings is 1. The first-order chi connectivity index (χ1) is 5.86. The molecule has 1 aliphatic heterocycles. The third-order valence-electron chi connectivity index (χ3n) is 2.04. The highest BCUT2D eigenvalue weighted by atomic mass is 32.2. The lowest BCUT2D eigenvalue weighted by molar-refractivity contribution is 0.989. The number of hydrogen-bond acceptors (Lipinski definition) is 2. The molecule has 0 spiro atoms. The van der Waals surface area contributed by atoms with Gasteiger partial charge in [0.2, 0.25) is 0 Å². The van der Waals surface area contributed by atoms with Crippen LogP contribution < -0.4 is 4.31 Å². The van der Waals surface area contributed by atoms with Crippen molar-refractivity contribution < 1.29 is 0 Å². The maximum atomic E-state index is 2.38. The zero-order valence-electron chi connectivity index (χ0n) is 7.29. The van der Waals surface area contributed by atoms with Gasteiger partial charge in [0.05, 0.1) is 0 Å². The lowest BCUT2D eigenvalue weighted by Gasteiger charge is -2.15. The quantitative estimate of drug-likeness (QED) is 0.610. The molecule has 12 heavy (non-hydrogen) atoms. The van der Waals surface area contributed by atoms with Gasteiger partial charge in [0.25, 0.3) is 0 Å². The van der Waals surface area contributed by atoms with E-state index in [2.05, 4.69) is 35.5 Å². The summed E-state index contributed by atoms with van der Waals surface area (Å²) in [4.78, 5) is 0. The van der Waals surface area contributed by atoms with Crippen molar-refractivity contribution in [2.45, 2.75) is 13.3 Å². The molecule has 0 atom stereocenters. The van der Waals surface area contributed by atoms with Crippen molar-refractivity contribution in [2.24, 2.45) is 0 Å². The summed E-state index contributed by atoms with van der Waals surface area (Å²) in [5, 5.41) is 0. The molecular weight excluding hydrogens is 166 g/mol. The lowest BCUT2D eigenvalue weighted by atomic mass is 10.2. The van der Waals surface area contributed by atoms with Crippen LogP contribution in [0.25, 0.3) is 0 Å². The molecule has 1 saturated heterocycles. The average molecular weight is 179 g/mol. The minimum absolute atomic E-state index is 1.20. The second kappa shape index (κ2) is 3.40. The number of hydrogen-bond donors (Lipinski definition) is 0. The summed E-state index contributed by atoms with van der Waals surface area (Å²) in [6, 6.07) is 8.71. The van der Waals surface area contributed by atoms with E-state index in [1.54, 1.807) is 0 Å². The molecule has 0 aliphatic carbocycles. The largest absolute Gasteiger partial charge is 0.316 e. The Hall–Kier alpha value is -0.630. The van der Waals surface area contributed by atoms with Crippen LogP contribution >= 0.6 is 11.9 Å². The van der Waals surface area contributed by atoms with Crippen LogP contribution in [0.1, 0.15) is 12.0 Å². The van der Waals surface area contributed by atoms with Crippen LogP contribution in [-0.2, 0) is 0 Å². The van der Waals surface area contributed by atoms with Gasteiger partial charge in [-0.2, -0.15) is 0 Å². The van der Waals surface area contributed by atoms with Crippen molar-refractivity contribution >= 4 is 17.6 Å². The predicted molar refractivity (Wildman–Crippen MR) is 55.6 cm³/mol. The van der Waals surface area contributed by atoms with Crippen molar-refractivity contribution in [3.63, 3.8) is 0 Å².